The molecule has 0 radical (unpaired) electrons. The molecule has 3 aromatic rings. The van der Waals surface area contributed by atoms with Gasteiger partial charge in [-0.3, -0.25) is 4.79 Å². The number of aliphatic hydroxyl groups is 1. The normalized spacial score (nSPS) is 26.3. The van der Waals surface area contributed by atoms with Gasteiger partial charge in [-0.1, -0.05) is 12.1 Å². The molecule has 0 spiro atoms. The van der Waals surface area contributed by atoms with Crippen LogP contribution in [-0.4, -0.2) is 63.0 Å². The summed E-state index contributed by atoms with van der Waals surface area (Å²) < 4.78 is 16.9. The third-order valence-electron chi connectivity index (χ3n) is 6.67. The number of hydrogen-bond donors (Lipinski definition) is 1. The zero-order valence-corrected chi connectivity index (χ0v) is 17.5. The van der Waals surface area contributed by atoms with Gasteiger partial charge in [-0.2, -0.15) is 15.0 Å². The molecule has 1 amide bonds. The van der Waals surface area contributed by atoms with Crippen LogP contribution in [0.3, 0.4) is 0 Å². The van der Waals surface area contributed by atoms with Gasteiger partial charge in [0.15, 0.2) is 11.5 Å². The summed E-state index contributed by atoms with van der Waals surface area (Å²) in [6.07, 6.45) is 0.432. The van der Waals surface area contributed by atoms with Crippen LogP contribution in [-0.2, 0) is 11.3 Å². The van der Waals surface area contributed by atoms with Crippen LogP contribution in [0.15, 0.2) is 42.5 Å². The van der Waals surface area contributed by atoms with Crippen molar-refractivity contribution < 1.29 is 24.1 Å². The van der Waals surface area contributed by atoms with E-state index in [1.807, 2.05) is 41.3 Å². The van der Waals surface area contributed by atoms with Gasteiger partial charge < -0.3 is 24.2 Å². The Bertz CT molecular complexity index is 1130. The minimum Gasteiger partial charge on any atom is -0.488 e. The Hall–Kier alpha value is -3.33. The van der Waals surface area contributed by atoms with Crippen LogP contribution in [0.1, 0.15) is 12.8 Å². The van der Waals surface area contributed by atoms with Gasteiger partial charge >= 0.3 is 0 Å². The lowest BCUT2D eigenvalue weighted by Crippen LogP contribution is -2.42. The number of nitrogens with zero attached hydrogens (tertiary/aromatic N) is 4. The molecule has 4 atom stereocenters. The molecule has 6 rings (SSSR count). The van der Waals surface area contributed by atoms with Crippen LogP contribution in [0.25, 0.3) is 11.0 Å². The van der Waals surface area contributed by atoms with E-state index in [1.165, 1.54) is 4.80 Å². The van der Waals surface area contributed by atoms with Crippen molar-refractivity contribution in [3.05, 3.63) is 42.5 Å². The molecule has 32 heavy (non-hydrogen) atoms. The highest BCUT2D eigenvalue weighted by molar-refractivity contribution is 5.77. The van der Waals surface area contributed by atoms with Crippen molar-refractivity contribution in [1.82, 2.24) is 19.9 Å². The summed E-state index contributed by atoms with van der Waals surface area (Å²) in [6, 6.07) is 13.0. The highest BCUT2D eigenvalue weighted by atomic mass is 16.7. The first kappa shape index (κ1) is 19.4. The topological polar surface area (TPSA) is 98.9 Å². The van der Waals surface area contributed by atoms with E-state index in [0.717, 1.165) is 11.0 Å². The van der Waals surface area contributed by atoms with E-state index in [-0.39, 0.29) is 31.3 Å². The first-order chi connectivity index (χ1) is 15.6. The second kappa shape index (κ2) is 7.67. The second-order valence-electron chi connectivity index (χ2n) is 8.75. The third-order valence-corrected chi connectivity index (χ3v) is 6.67. The molecule has 1 aromatic heterocycles. The number of fused-ring (bicyclic) bond motifs is 3. The van der Waals surface area contributed by atoms with E-state index in [2.05, 4.69) is 10.2 Å². The summed E-state index contributed by atoms with van der Waals surface area (Å²) in [7, 11) is 0. The number of amides is 1. The van der Waals surface area contributed by atoms with E-state index in [9.17, 15) is 9.90 Å². The molecule has 3 aliphatic rings. The Balaban J connectivity index is 1.10. The number of aliphatic hydroxyl groups excluding tert-OH is 1. The van der Waals surface area contributed by atoms with Gasteiger partial charge in [0.25, 0.3) is 0 Å². The Morgan fingerprint density at radius 1 is 1.03 bits per heavy atom. The maximum Gasteiger partial charge on any atom is 0.246 e. The Morgan fingerprint density at radius 3 is 2.53 bits per heavy atom. The fourth-order valence-corrected chi connectivity index (χ4v) is 5.04. The SMILES string of the molecule is O=C(Cn1nc2ccccc2n1)N1C[C@H]2C[C@@H](Oc3ccc4c(c3)OCO4)[C@H](O)C[C@H]2C1. The van der Waals surface area contributed by atoms with Crippen molar-refractivity contribution in [2.75, 3.05) is 19.9 Å². The molecule has 1 N–H and O–H groups in total. The molecule has 1 aliphatic carbocycles. The van der Waals surface area contributed by atoms with Gasteiger partial charge in [-0.05, 0) is 48.9 Å². The van der Waals surface area contributed by atoms with Crippen molar-refractivity contribution in [1.29, 1.82) is 0 Å². The monoisotopic (exact) mass is 436 g/mol. The largest absolute Gasteiger partial charge is 0.488 e. The highest BCUT2D eigenvalue weighted by Gasteiger charge is 2.44. The Labute approximate surface area is 184 Å². The van der Waals surface area contributed by atoms with Crippen LogP contribution >= 0.6 is 0 Å². The lowest BCUT2D eigenvalue weighted by atomic mass is 9.78. The summed E-state index contributed by atoms with van der Waals surface area (Å²) in [4.78, 5) is 16.2. The number of likely N-dealkylation sites (tertiary alicyclic amines) is 1. The van der Waals surface area contributed by atoms with E-state index in [0.29, 0.717) is 49.1 Å². The summed E-state index contributed by atoms with van der Waals surface area (Å²) in [6.45, 7) is 1.65. The first-order valence-electron chi connectivity index (χ1n) is 10.9. The standard InChI is InChI=1S/C23H24N4O5/c28-19-7-14-10-26(23(29)12-27-24-17-3-1-2-4-18(17)25-27)11-15(14)8-21(19)32-16-5-6-20-22(9-16)31-13-30-20/h1-6,9,14-15,19,21,28H,7-8,10-13H2/t14-,15+,19+,21+/m0/s1. The molecule has 166 valence electrons. The van der Waals surface area contributed by atoms with Gasteiger partial charge in [0, 0.05) is 19.2 Å². The van der Waals surface area contributed by atoms with Gasteiger partial charge in [0.05, 0.1) is 6.10 Å². The predicted molar refractivity (Wildman–Crippen MR) is 113 cm³/mol. The maximum atomic E-state index is 12.9. The zero-order valence-electron chi connectivity index (χ0n) is 17.5. The van der Waals surface area contributed by atoms with Crippen LogP contribution < -0.4 is 14.2 Å². The van der Waals surface area contributed by atoms with Gasteiger partial charge in [0.1, 0.15) is 29.4 Å². The molecule has 3 heterocycles. The van der Waals surface area contributed by atoms with Crippen LogP contribution in [0.4, 0.5) is 0 Å². The van der Waals surface area contributed by atoms with Crippen LogP contribution in [0.2, 0.25) is 0 Å². The molecular formula is C23H24N4O5. The van der Waals surface area contributed by atoms with Crippen molar-refractivity contribution in [3.63, 3.8) is 0 Å². The molecule has 2 fully saturated rings. The van der Waals surface area contributed by atoms with Crippen molar-refractivity contribution >= 4 is 16.9 Å². The zero-order chi connectivity index (χ0) is 21.7. The lowest BCUT2D eigenvalue weighted by molar-refractivity contribution is -0.131. The van der Waals surface area contributed by atoms with E-state index in [4.69, 9.17) is 14.2 Å². The molecule has 1 saturated carbocycles. The van der Waals surface area contributed by atoms with E-state index >= 15 is 0 Å². The van der Waals surface area contributed by atoms with E-state index in [1.54, 1.807) is 6.07 Å². The van der Waals surface area contributed by atoms with Crippen molar-refractivity contribution in [2.45, 2.75) is 31.6 Å². The number of ether oxygens (including phenoxy) is 3. The predicted octanol–water partition coefficient (Wildman–Crippen LogP) is 1.84. The summed E-state index contributed by atoms with van der Waals surface area (Å²) >= 11 is 0. The summed E-state index contributed by atoms with van der Waals surface area (Å²) in [5, 5.41) is 19.5. The van der Waals surface area contributed by atoms with Crippen molar-refractivity contribution in [3.8, 4) is 17.2 Å². The quantitative estimate of drug-likeness (QED) is 0.666. The molecule has 0 bridgehead atoms. The second-order valence-corrected chi connectivity index (χ2v) is 8.75. The Morgan fingerprint density at radius 2 is 1.75 bits per heavy atom. The number of carbonyl (C=O) groups excluding carboxylic acids is 1. The molecule has 9 heteroatoms. The number of aromatic nitrogens is 3. The third kappa shape index (κ3) is 3.52. The fraction of sp³-hybridized carbons (Fsp3) is 0.435. The minimum atomic E-state index is -0.574. The molecule has 0 unspecified atom stereocenters. The summed E-state index contributed by atoms with van der Waals surface area (Å²) in [5.74, 6) is 2.58. The van der Waals surface area contributed by atoms with Crippen LogP contribution in [0, 0.1) is 11.8 Å². The fourth-order valence-electron chi connectivity index (χ4n) is 5.04. The van der Waals surface area contributed by atoms with Crippen molar-refractivity contribution in [2.24, 2.45) is 11.8 Å². The number of hydrogen-bond acceptors (Lipinski definition) is 7. The number of benzene rings is 2. The smallest absolute Gasteiger partial charge is 0.246 e. The number of rotatable bonds is 4. The highest BCUT2D eigenvalue weighted by Crippen LogP contribution is 2.40. The average molecular weight is 436 g/mol. The first-order valence-corrected chi connectivity index (χ1v) is 10.9. The molecule has 2 aliphatic heterocycles. The number of carbonyl (C=O) groups is 1. The van der Waals surface area contributed by atoms with Crippen LogP contribution in [0.5, 0.6) is 17.2 Å². The van der Waals surface area contributed by atoms with Gasteiger partial charge in [-0.15, -0.1) is 0 Å². The van der Waals surface area contributed by atoms with Gasteiger partial charge in [0.2, 0.25) is 12.7 Å². The molecule has 1 saturated heterocycles. The summed E-state index contributed by atoms with van der Waals surface area (Å²) in [5.41, 5.74) is 1.56. The minimum absolute atomic E-state index is 0.00225. The van der Waals surface area contributed by atoms with Gasteiger partial charge in [-0.25, -0.2) is 0 Å². The molecular weight excluding hydrogens is 412 g/mol. The average Bonchev–Trinajstić information content (AvgIpc) is 3.50. The molecule has 9 nitrogen and oxygen atoms in total. The Kier molecular flexibility index (Phi) is 4.64. The van der Waals surface area contributed by atoms with E-state index < -0.39 is 6.10 Å². The molecule has 2 aromatic carbocycles. The maximum absolute atomic E-state index is 12.9. The lowest BCUT2D eigenvalue weighted by Gasteiger charge is -2.35.